The predicted octanol–water partition coefficient (Wildman–Crippen LogP) is 2.61. The standard InChI is InChI=1S/C18H22ClN3O3/c1-25-17(23)15-14(11-22-9-3-2-4-10-22)20-18(24)21-16(15)12-5-7-13(19)8-6-12/h5-8,16H,2-4,9-11H2,1H3,(H2,20,21,24). The molecule has 25 heavy (non-hydrogen) atoms. The van der Waals surface area contributed by atoms with Crippen molar-refractivity contribution in [3.8, 4) is 0 Å². The van der Waals surface area contributed by atoms with Crippen LogP contribution in [-0.2, 0) is 9.53 Å². The molecule has 2 aliphatic rings. The highest BCUT2D eigenvalue weighted by atomic mass is 35.5. The van der Waals surface area contributed by atoms with Crippen molar-refractivity contribution < 1.29 is 14.3 Å². The number of methoxy groups -OCH3 is 1. The Morgan fingerprint density at radius 3 is 2.56 bits per heavy atom. The molecule has 2 amide bonds. The molecular formula is C18H22ClN3O3. The van der Waals surface area contributed by atoms with Crippen LogP contribution in [-0.4, -0.2) is 43.6 Å². The smallest absolute Gasteiger partial charge is 0.338 e. The number of piperidine rings is 1. The van der Waals surface area contributed by atoms with Crippen LogP contribution in [0.15, 0.2) is 35.5 Å². The Balaban J connectivity index is 1.96. The van der Waals surface area contributed by atoms with Gasteiger partial charge in [0.15, 0.2) is 0 Å². The monoisotopic (exact) mass is 363 g/mol. The number of carbonyl (C=O) groups excluding carboxylic acids is 2. The molecule has 3 rings (SSSR count). The quantitative estimate of drug-likeness (QED) is 0.807. The second kappa shape index (κ2) is 7.89. The molecule has 0 aromatic heterocycles. The third kappa shape index (κ3) is 4.14. The number of nitrogens with zero attached hydrogens (tertiary/aromatic N) is 1. The molecule has 1 atom stereocenters. The van der Waals surface area contributed by atoms with Crippen molar-refractivity contribution in [2.75, 3.05) is 26.7 Å². The van der Waals surface area contributed by atoms with Crippen molar-refractivity contribution in [2.24, 2.45) is 0 Å². The van der Waals surface area contributed by atoms with Crippen LogP contribution in [0.3, 0.4) is 0 Å². The number of amides is 2. The van der Waals surface area contributed by atoms with E-state index in [0.29, 0.717) is 22.8 Å². The van der Waals surface area contributed by atoms with Gasteiger partial charge in [0, 0.05) is 17.3 Å². The van der Waals surface area contributed by atoms with E-state index in [9.17, 15) is 9.59 Å². The fraction of sp³-hybridized carbons (Fsp3) is 0.444. The zero-order valence-electron chi connectivity index (χ0n) is 14.2. The zero-order chi connectivity index (χ0) is 17.8. The predicted molar refractivity (Wildman–Crippen MR) is 95.2 cm³/mol. The molecule has 0 radical (unpaired) electrons. The fourth-order valence-corrected chi connectivity index (χ4v) is 3.47. The number of benzene rings is 1. The van der Waals surface area contributed by atoms with Crippen molar-refractivity contribution in [1.29, 1.82) is 0 Å². The molecule has 2 heterocycles. The van der Waals surface area contributed by atoms with Gasteiger partial charge >= 0.3 is 12.0 Å². The minimum absolute atomic E-state index is 0.320. The summed E-state index contributed by atoms with van der Waals surface area (Å²) in [6.45, 7) is 2.46. The molecule has 1 unspecified atom stereocenters. The lowest BCUT2D eigenvalue weighted by Gasteiger charge is -2.33. The van der Waals surface area contributed by atoms with Crippen LogP contribution >= 0.6 is 11.6 Å². The van der Waals surface area contributed by atoms with Gasteiger partial charge in [0.1, 0.15) is 0 Å². The summed E-state index contributed by atoms with van der Waals surface area (Å²) in [5, 5.41) is 6.21. The van der Waals surface area contributed by atoms with Crippen LogP contribution in [0.1, 0.15) is 30.9 Å². The van der Waals surface area contributed by atoms with Crippen LogP contribution in [0, 0.1) is 0 Å². The van der Waals surface area contributed by atoms with E-state index in [2.05, 4.69) is 15.5 Å². The largest absolute Gasteiger partial charge is 0.466 e. The van der Waals surface area contributed by atoms with Gasteiger partial charge in [-0.25, -0.2) is 9.59 Å². The third-order valence-corrected chi connectivity index (χ3v) is 4.84. The third-order valence-electron chi connectivity index (χ3n) is 4.59. The van der Waals surface area contributed by atoms with Gasteiger partial charge in [0.05, 0.1) is 18.7 Å². The first kappa shape index (κ1) is 17.8. The minimum atomic E-state index is -0.557. The molecule has 1 saturated heterocycles. The molecular weight excluding hydrogens is 342 g/mol. The van der Waals surface area contributed by atoms with Crippen LogP contribution in [0.4, 0.5) is 4.79 Å². The number of nitrogens with one attached hydrogen (secondary N) is 2. The Hall–Kier alpha value is -2.05. The number of hydrogen-bond acceptors (Lipinski definition) is 4. The van der Waals surface area contributed by atoms with Gasteiger partial charge in [0.2, 0.25) is 0 Å². The van der Waals surface area contributed by atoms with Crippen molar-refractivity contribution in [2.45, 2.75) is 25.3 Å². The molecule has 2 aliphatic heterocycles. The first-order chi connectivity index (χ1) is 12.1. The highest BCUT2D eigenvalue weighted by Crippen LogP contribution is 2.29. The molecule has 1 fully saturated rings. The second-order valence-electron chi connectivity index (χ2n) is 6.30. The number of esters is 1. The molecule has 6 nitrogen and oxygen atoms in total. The summed E-state index contributed by atoms with van der Waals surface area (Å²) in [5.74, 6) is -0.445. The summed E-state index contributed by atoms with van der Waals surface area (Å²) in [6, 6.07) is 6.21. The van der Waals surface area contributed by atoms with Gasteiger partial charge in [-0.3, -0.25) is 4.90 Å². The maximum atomic E-state index is 12.5. The first-order valence-electron chi connectivity index (χ1n) is 8.45. The molecule has 134 valence electrons. The topological polar surface area (TPSA) is 70.7 Å². The van der Waals surface area contributed by atoms with Crippen molar-refractivity contribution in [1.82, 2.24) is 15.5 Å². The second-order valence-corrected chi connectivity index (χ2v) is 6.74. The average molecular weight is 364 g/mol. The average Bonchev–Trinajstić information content (AvgIpc) is 2.62. The Morgan fingerprint density at radius 1 is 1.24 bits per heavy atom. The number of urea groups is 1. The van der Waals surface area contributed by atoms with E-state index in [1.807, 2.05) is 0 Å². The number of likely N-dealkylation sites (tertiary alicyclic amines) is 1. The lowest BCUT2D eigenvalue weighted by molar-refractivity contribution is -0.136. The number of hydrogen-bond donors (Lipinski definition) is 2. The van der Waals surface area contributed by atoms with Crippen LogP contribution < -0.4 is 10.6 Å². The van der Waals surface area contributed by atoms with Crippen LogP contribution in [0.5, 0.6) is 0 Å². The first-order valence-corrected chi connectivity index (χ1v) is 8.83. The Kier molecular flexibility index (Phi) is 5.60. The number of carbonyl (C=O) groups is 2. The van der Waals surface area contributed by atoms with E-state index >= 15 is 0 Å². The maximum absolute atomic E-state index is 12.5. The van der Waals surface area contributed by atoms with E-state index in [1.54, 1.807) is 24.3 Å². The SMILES string of the molecule is COC(=O)C1=C(CN2CCCCC2)NC(=O)NC1c1ccc(Cl)cc1. The summed E-state index contributed by atoms with van der Waals surface area (Å²) >= 11 is 5.95. The zero-order valence-corrected chi connectivity index (χ0v) is 14.9. The van der Waals surface area contributed by atoms with Crippen molar-refractivity contribution >= 4 is 23.6 Å². The molecule has 1 aromatic rings. The van der Waals surface area contributed by atoms with E-state index in [0.717, 1.165) is 31.5 Å². The molecule has 7 heteroatoms. The number of rotatable bonds is 4. The molecule has 1 aromatic carbocycles. The molecule has 0 bridgehead atoms. The number of halogens is 1. The van der Waals surface area contributed by atoms with Gasteiger partial charge in [-0.15, -0.1) is 0 Å². The summed E-state index contributed by atoms with van der Waals surface area (Å²) in [7, 11) is 1.35. The van der Waals surface area contributed by atoms with E-state index in [1.165, 1.54) is 13.5 Å². The lowest BCUT2D eigenvalue weighted by Crippen LogP contribution is -2.48. The summed E-state index contributed by atoms with van der Waals surface area (Å²) in [5.41, 5.74) is 1.84. The summed E-state index contributed by atoms with van der Waals surface area (Å²) in [4.78, 5) is 26.9. The van der Waals surface area contributed by atoms with Gasteiger partial charge in [-0.2, -0.15) is 0 Å². The van der Waals surface area contributed by atoms with E-state index in [-0.39, 0.29) is 6.03 Å². The lowest BCUT2D eigenvalue weighted by atomic mass is 9.95. The van der Waals surface area contributed by atoms with Gasteiger partial charge < -0.3 is 15.4 Å². The van der Waals surface area contributed by atoms with E-state index < -0.39 is 12.0 Å². The van der Waals surface area contributed by atoms with Gasteiger partial charge in [-0.1, -0.05) is 30.2 Å². The summed E-state index contributed by atoms with van der Waals surface area (Å²) < 4.78 is 4.99. The highest BCUT2D eigenvalue weighted by Gasteiger charge is 2.34. The van der Waals surface area contributed by atoms with E-state index in [4.69, 9.17) is 16.3 Å². The Labute approximate surface area is 152 Å². The fourth-order valence-electron chi connectivity index (χ4n) is 3.34. The summed E-state index contributed by atoms with van der Waals surface area (Å²) in [6.07, 6.45) is 3.49. The molecule has 0 aliphatic carbocycles. The highest BCUT2D eigenvalue weighted by molar-refractivity contribution is 6.30. The van der Waals surface area contributed by atoms with Gasteiger partial charge in [-0.05, 0) is 43.6 Å². The minimum Gasteiger partial charge on any atom is -0.466 e. The van der Waals surface area contributed by atoms with Crippen molar-refractivity contribution in [3.05, 3.63) is 46.1 Å². The van der Waals surface area contributed by atoms with Crippen LogP contribution in [0.2, 0.25) is 5.02 Å². The number of ether oxygens (including phenoxy) is 1. The Bertz CT molecular complexity index is 681. The van der Waals surface area contributed by atoms with Gasteiger partial charge in [0.25, 0.3) is 0 Å². The normalized spacial score (nSPS) is 21.5. The molecule has 0 saturated carbocycles. The maximum Gasteiger partial charge on any atom is 0.338 e. The van der Waals surface area contributed by atoms with Crippen LogP contribution in [0.25, 0.3) is 0 Å². The Morgan fingerprint density at radius 2 is 1.92 bits per heavy atom. The molecule has 0 spiro atoms. The van der Waals surface area contributed by atoms with Crippen molar-refractivity contribution in [3.63, 3.8) is 0 Å². The molecule has 2 N–H and O–H groups in total.